The first-order valence-electron chi connectivity index (χ1n) is 4.44. The topological polar surface area (TPSA) is 43.1 Å². The van der Waals surface area contributed by atoms with Crippen molar-refractivity contribution in [3.8, 4) is 0 Å². The summed E-state index contributed by atoms with van der Waals surface area (Å²) in [5.41, 5.74) is 5.54. The molecule has 2 N–H and O–H groups in total. The van der Waals surface area contributed by atoms with Crippen molar-refractivity contribution in [1.82, 2.24) is 0 Å². The van der Waals surface area contributed by atoms with Gasteiger partial charge in [-0.1, -0.05) is 0 Å². The van der Waals surface area contributed by atoms with Crippen LogP contribution in [0, 0.1) is 11.8 Å². The summed E-state index contributed by atoms with van der Waals surface area (Å²) in [6.45, 7) is 2.50. The molecule has 0 aromatic rings. The molecule has 0 radical (unpaired) electrons. The van der Waals surface area contributed by atoms with Gasteiger partial charge in [0.2, 0.25) is 0 Å². The molecule has 0 bridgehead atoms. The first-order valence-corrected chi connectivity index (χ1v) is 4.44. The Balaban J connectivity index is 2.30. The largest absolute Gasteiger partial charge is 0.330 e. The van der Waals surface area contributed by atoms with E-state index in [-0.39, 0.29) is 0 Å². The van der Waals surface area contributed by atoms with Gasteiger partial charge < -0.3 is 5.73 Å². The molecular weight excluding hydrogens is 138 g/mol. The van der Waals surface area contributed by atoms with Gasteiger partial charge in [0.1, 0.15) is 5.78 Å². The lowest BCUT2D eigenvalue weighted by atomic mass is 9.80. The van der Waals surface area contributed by atoms with Gasteiger partial charge in [-0.05, 0) is 45.1 Å². The van der Waals surface area contributed by atoms with Gasteiger partial charge in [0.15, 0.2) is 0 Å². The maximum atomic E-state index is 11.0. The van der Waals surface area contributed by atoms with E-state index in [0.717, 1.165) is 32.2 Å². The van der Waals surface area contributed by atoms with E-state index < -0.39 is 0 Å². The molecule has 0 unspecified atom stereocenters. The Hall–Kier alpha value is -0.370. The molecule has 0 aliphatic heterocycles. The zero-order chi connectivity index (χ0) is 8.27. The second-order valence-corrected chi connectivity index (χ2v) is 3.56. The lowest BCUT2D eigenvalue weighted by Crippen LogP contribution is -2.24. The van der Waals surface area contributed by atoms with Crippen molar-refractivity contribution in [1.29, 1.82) is 0 Å². The molecular formula is C9H17NO. The number of carbonyl (C=O) groups excluding carboxylic acids is 1. The summed E-state index contributed by atoms with van der Waals surface area (Å²) in [4.78, 5) is 11.0. The smallest absolute Gasteiger partial charge is 0.132 e. The summed E-state index contributed by atoms with van der Waals surface area (Å²) in [6, 6.07) is 0. The van der Waals surface area contributed by atoms with Gasteiger partial charge in [0.25, 0.3) is 0 Å². The lowest BCUT2D eigenvalue weighted by molar-refractivity contribution is -0.121. The predicted molar refractivity (Wildman–Crippen MR) is 45.2 cm³/mol. The Bertz CT molecular complexity index is 136. The normalized spacial score (nSPS) is 31.8. The van der Waals surface area contributed by atoms with Gasteiger partial charge in [-0.25, -0.2) is 0 Å². The van der Waals surface area contributed by atoms with E-state index in [1.807, 2.05) is 0 Å². The van der Waals surface area contributed by atoms with E-state index >= 15 is 0 Å². The number of hydrogen-bond acceptors (Lipinski definition) is 2. The first kappa shape index (κ1) is 8.72. The Kier molecular flexibility index (Phi) is 3.06. The van der Waals surface area contributed by atoms with E-state index in [4.69, 9.17) is 5.73 Å². The zero-order valence-electron chi connectivity index (χ0n) is 7.18. The predicted octanol–water partition coefficient (Wildman–Crippen LogP) is 1.34. The summed E-state index contributed by atoms with van der Waals surface area (Å²) in [5.74, 6) is 1.39. The van der Waals surface area contributed by atoms with Crippen LogP contribution in [0.5, 0.6) is 0 Å². The van der Waals surface area contributed by atoms with Gasteiger partial charge in [-0.2, -0.15) is 0 Å². The van der Waals surface area contributed by atoms with Crippen LogP contribution in [-0.2, 0) is 4.79 Å². The Labute approximate surface area is 68.2 Å². The fourth-order valence-corrected chi connectivity index (χ4v) is 1.80. The molecule has 2 nitrogen and oxygen atoms in total. The van der Waals surface area contributed by atoms with E-state index in [1.54, 1.807) is 6.92 Å². The SMILES string of the molecule is CC(=O)C1CCC(CN)CC1. The van der Waals surface area contributed by atoms with Crippen LogP contribution in [0.25, 0.3) is 0 Å². The van der Waals surface area contributed by atoms with Crippen molar-refractivity contribution < 1.29 is 4.79 Å². The molecule has 1 aliphatic rings. The summed E-state index contributed by atoms with van der Waals surface area (Å²) < 4.78 is 0. The monoisotopic (exact) mass is 155 g/mol. The Morgan fingerprint density at radius 3 is 2.27 bits per heavy atom. The van der Waals surface area contributed by atoms with Crippen LogP contribution in [0.1, 0.15) is 32.6 Å². The van der Waals surface area contributed by atoms with Crippen molar-refractivity contribution in [2.45, 2.75) is 32.6 Å². The first-order chi connectivity index (χ1) is 5.24. The minimum atomic E-state index is 0.345. The molecule has 0 spiro atoms. The molecule has 0 atom stereocenters. The summed E-state index contributed by atoms with van der Waals surface area (Å²) in [5, 5.41) is 0. The summed E-state index contributed by atoms with van der Waals surface area (Å²) >= 11 is 0. The number of rotatable bonds is 2. The number of nitrogens with two attached hydrogens (primary N) is 1. The molecule has 64 valence electrons. The molecule has 2 heteroatoms. The van der Waals surface area contributed by atoms with E-state index in [9.17, 15) is 4.79 Å². The van der Waals surface area contributed by atoms with Crippen LogP contribution >= 0.6 is 0 Å². The molecule has 0 saturated heterocycles. The number of hydrogen-bond donors (Lipinski definition) is 1. The van der Waals surface area contributed by atoms with Crippen LogP contribution in [0.2, 0.25) is 0 Å². The van der Waals surface area contributed by atoms with Crippen molar-refractivity contribution in [3.63, 3.8) is 0 Å². The van der Waals surface area contributed by atoms with Crippen LogP contribution in [0.3, 0.4) is 0 Å². The third kappa shape index (κ3) is 2.29. The third-order valence-electron chi connectivity index (χ3n) is 2.76. The highest BCUT2D eigenvalue weighted by Gasteiger charge is 2.22. The number of carbonyl (C=O) groups is 1. The molecule has 11 heavy (non-hydrogen) atoms. The van der Waals surface area contributed by atoms with Crippen molar-refractivity contribution in [3.05, 3.63) is 0 Å². The van der Waals surface area contributed by atoms with Gasteiger partial charge >= 0.3 is 0 Å². The lowest BCUT2D eigenvalue weighted by Gasteiger charge is -2.25. The highest BCUT2D eigenvalue weighted by molar-refractivity contribution is 5.78. The number of Topliss-reactive ketones (excluding diaryl/α,β-unsaturated/α-hetero) is 1. The van der Waals surface area contributed by atoms with Gasteiger partial charge in [0.05, 0.1) is 0 Å². The minimum Gasteiger partial charge on any atom is -0.330 e. The van der Waals surface area contributed by atoms with Crippen LogP contribution in [0.15, 0.2) is 0 Å². The highest BCUT2D eigenvalue weighted by Crippen LogP contribution is 2.28. The van der Waals surface area contributed by atoms with E-state index in [2.05, 4.69) is 0 Å². The van der Waals surface area contributed by atoms with Gasteiger partial charge in [-0.3, -0.25) is 4.79 Å². The Morgan fingerprint density at radius 1 is 1.36 bits per heavy atom. The average Bonchev–Trinajstić information content (AvgIpc) is 2.05. The molecule has 1 aliphatic carbocycles. The van der Waals surface area contributed by atoms with E-state index in [1.165, 1.54) is 0 Å². The molecule has 0 aromatic heterocycles. The third-order valence-corrected chi connectivity index (χ3v) is 2.76. The van der Waals surface area contributed by atoms with Crippen LogP contribution in [0.4, 0.5) is 0 Å². The summed E-state index contributed by atoms with van der Waals surface area (Å²) in [6.07, 6.45) is 4.44. The molecule has 0 amide bonds. The molecule has 1 rings (SSSR count). The quantitative estimate of drug-likeness (QED) is 0.654. The van der Waals surface area contributed by atoms with Crippen molar-refractivity contribution in [2.24, 2.45) is 17.6 Å². The molecule has 0 aromatic carbocycles. The molecule has 1 fully saturated rings. The Morgan fingerprint density at radius 2 is 1.91 bits per heavy atom. The standard InChI is InChI=1S/C9H17NO/c1-7(11)9-4-2-8(6-10)3-5-9/h8-9H,2-6,10H2,1H3. The maximum absolute atomic E-state index is 11.0. The zero-order valence-corrected chi connectivity index (χ0v) is 7.18. The van der Waals surface area contributed by atoms with Crippen LogP contribution < -0.4 is 5.73 Å². The minimum absolute atomic E-state index is 0.345. The average molecular weight is 155 g/mol. The number of ketones is 1. The highest BCUT2D eigenvalue weighted by atomic mass is 16.1. The van der Waals surface area contributed by atoms with Crippen molar-refractivity contribution in [2.75, 3.05) is 6.54 Å². The molecule has 0 heterocycles. The van der Waals surface area contributed by atoms with E-state index in [0.29, 0.717) is 17.6 Å². The van der Waals surface area contributed by atoms with Crippen LogP contribution in [-0.4, -0.2) is 12.3 Å². The summed E-state index contributed by atoms with van der Waals surface area (Å²) in [7, 11) is 0. The maximum Gasteiger partial charge on any atom is 0.132 e. The van der Waals surface area contributed by atoms with Gasteiger partial charge in [0, 0.05) is 5.92 Å². The second kappa shape index (κ2) is 3.86. The fraction of sp³-hybridized carbons (Fsp3) is 0.889. The fourth-order valence-electron chi connectivity index (χ4n) is 1.80. The second-order valence-electron chi connectivity index (χ2n) is 3.56. The van der Waals surface area contributed by atoms with Gasteiger partial charge in [-0.15, -0.1) is 0 Å². The molecule has 1 saturated carbocycles. The van der Waals surface area contributed by atoms with Crippen molar-refractivity contribution >= 4 is 5.78 Å².